The molecule has 3 aromatic heterocycles. The molecule has 1 fully saturated rings. The lowest BCUT2D eigenvalue weighted by Crippen LogP contribution is -2.33. The van der Waals surface area contributed by atoms with E-state index in [2.05, 4.69) is 32.2 Å². The van der Waals surface area contributed by atoms with Gasteiger partial charge in [0, 0.05) is 44.7 Å². The zero-order valence-corrected chi connectivity index (χ0v) is 14.9. The molecule has 25 heavy (non-hydrogen) atoms. The van der Waals surface area contributed by atoms with E-state index >= 15 is 0 Å². The van der Waals surface area contributed by atoms with E-state index < -0.39 is 0 Å². The van der Waals surface area contributed by atoms with Gasteiger partial charge < -0.3 is 9.47 Å². The summed E-state index contributed by atoms with van der Waals surface area (Å²) in [6.45, 7) is 2.53. The lowest BCUT2D eigenvalue weighted by atomic mass is 9.86. The highest BCUT2D eigenvalue weighted by Crippen LogP contribution is 2.43. The van der Waals surface area contributed by atoms with Crippen LogP contribution in [0.5, 0.6) is 0 Å². The van der Waals surface area contributed by atoms with E-state index in [9.17, 15) is 4.79 Å². The van der Waals surface area contributed by atoms with Crippen molar-refractivity contribution in [2.45, 2.75) is 19.4 Å². The van der Waals surface area contributed by atoms with Crippen molar-refractivity contribution >= 4 is 17.2 Å². The molecule has 1 amide bonds. The van der Waals surface area contributed by atoms with Crippen LogP contribution in [0.4, 0.5) is 0 Å². The van der Waals surface area contributed by atoms with Crippen LogP contribution in [0.15, 0.2) is 36.0 Å². The zero-order chi connectivity index (χ0) is 17.0. The zero-order valence-electron chi connectivity index (χ0n) is 14.1. The van der Waals surface area contributed by atoms with Crippen molar-refractivity contribution in [3.63, 3.8) is 0 Å². The van der Waals surface area contributed by atoms with E-state index in [1.165, 1.54) is 10.6 Å². The maximum absolute atomic E-state index is 12.7. The van der Waals surface area contributed by atoms with Gasteiger partial charge in [-0.1, -0.05) is 6.07 Å². The van der Waals surface area contributed by atoms with Crippen LogP contribution in [0.25, 0.3) is 10.6 Å². The Bertz CT molecular complexity index is 941. The lowest BCUT2D eigenvalue weighted by Gasteiger charge is -2.23. The van der Waals surface area contributed by atoms with Gasteiger partial charge in [0.1, 0.15) is 11.5 Å². The van der Waals surface area contributed by atoms with Crippen LogP contribution in [0, 0.1) is 5.41 Å². The van der Waals surface area contributed by atoms with Crippen LogP contribution in [-0.2, 0) is 20.0 Å². The summed E-state index contributed by atoms with van der Waals surface area (Å²) in [5, 5.41) is 6.36. The molecule has 5 heterocycles. The van der Waals surface area contributed by atoms with Gasteiger partial charge in [-0.05, 0) is 23.9 Å². The second-order valence-corrected chi connectivity index (χ2v) is 8.10. The molecular formula is C18H19N5OS. The van der Waals surface area contributed by atoms with Gasteiger partial charge in [0.25, 0.3) is 5.91 Å². The first-order valence-corrected chi connectivity index (χ1v) is 9.39. The SMILES string of the molecule is Cn1ccc(C(=O)N2CCC3(Cc4ncc(-c5cccs5)n4C3)C2)n1. The molecule has 5 rings (SSSR count). The third-order valence-electron chi connectivity index (χ3n) is 5.40. The number of aryl methyl sites for hydroxylation is 1. The van der Waals surface area contributed by atoms with Gasteiger partial charge in [-0.2, -0.15) is 5.10 Å². The summed E-state index contributed by atoms with van der Waals surface area (Å²) in [4.78, 5) is 20.6. The quantitative estimate of drug-likeness (QED) is 0.711. The van der Waals surface area contributed by atoms with E-state index in [4.69, 9.17) is 0 Å². The van der Waals surface area contributed by atoms with Crippen LogP contribution in [0.2, 0.25) is 0 Å². The van der Waals surface area contributed by atoms with Crippen molar-refractivity contribution in [1.82, 2.24) is 24.2 Å². The molecule has 0 radical (unpaired) electrons. The molecule has 1 atom stereocenters. The summed E-state index contributed by atoms with van der Waals surface area (Å²) in [5.41, 5.74) is 1.87. The fourth-order valence-electron chi connectivity index (χ4n) is 4.15. The number of nitrogens with zero attached hydrogens (tertiary/aromatic N) is 5. The smallest absolute Gasteiger partial charge is 0.274 e. The summed E-state index contributed by atoms with van der Waals surface area (Å²) in [5.74, 6) is 1.19. The minimum Gasteiger partial charge on any atom is -0.337 e. The maximum atomic E-state index is 12.7. The van der Waals surface area contributed by atoms with E-state index in [1.54, 1.807) is 22.1 Å². The Morgan fingerprint density at radius 3 is 3.00 bits per heavy atom. The highest BCUT2D eigenvalue weighted by Gasteiger charge is 2.46. The summed E-state index contributed by atoms with van der Waals surface area (Å²) in [7, 11) is 1.84. The summed E-state index contributed by atoms with van der Waals surface area (Å²) in [6.07, 6.45) is 5.78. The van der Waals surface area contributed by atoms with Crippen LogP contribution in [0.1, 0.15) is 22.7 Å². The van der Waals surface area contributed by atoms with Crippen LogP contribution < -0.4 is 0 Å². The van der Waals surface area contributed by atoms with Crippen molar-refractivity contribution in [1.29, 1.82) is 0 Å². The highest BCUT2D eigenvalue weighted by molar-refractivity contribution is 7.13. The molecule has 7 heteroatoms. The molecular weight excluding hydrogens is 334 g/mol. The van der Waals surface area contributed by atoms with Gasteiger partial charge in [0.15, 0.2) is 0 Å². The van der Waals surface area contributed by atoms with Gasteiger partial charge in [0.05, 0.1) is 16.8 Å². The van der Waals surface area contributed by atoms with E-state index in [0.29, 0.717) is 5.69 Å². The molecule has 0 aliphatic carbocycles. The summed E-state index contributed by atoms with van der Waals surface area (Å²) >= 11 is 1.75. The Balaban J connectivity index is 1.37. The fourth-order valence-corrected chi connectivity index (χ4v) is 4.90. The molecule has 0 bridgehead atoms. The first-order valence-electron chi connectivity index (χ1n) is 8.51. The van der Waals surface area contributed by atoms with E-state index in [-0.39, 0.29) is 11.3 Å². The molecule has 2 aliphatic heterocycles. The number of imidazole rings is 1. The minimum absolute atomic E-state index is 0.0421. The number of likely N-dealkylation sites (tertiary alicyclic amines) is 1. The predicted molar refractivity (Wildman–Crippen MR) is 95.4 cm³/mol. The standard InChI is InChI=1S/C18H19N5OS/c1-21-6-4-13(20-21)17(24)22-7-5-18(11-22)9-16-19-10-14(23(16)12-18)15-3-2-8-25-15/h2-4,6,8,10H,5,7,9,11-12H2,1H3. The molecule has 2 aliphatic rings. The Kier molecular flexibility index (Phi) is 3.15. The summed E-state index contributed by atoms with van der Waals surface area (Å²) in [6, 6.07) is 6.01. The normalized spacial score (nSPS) is 22.0. The number of hydrogen-bond acceptors (Lipinski definition) is 4. The molecule has 0 aromatic carbocycles. The topological polar surface area (TPSA) is 56.0 Å². The van der Waals surface area contributed by atoms with Gasteiger partial charge in [0.2, 0.25) is 0 Å². The number of thiophene rings is 1. The highest BCUT2D eigenvalue weighted by atomic mass is 32.1. The number of hydrogen-bond donors (Lipinski definition) is 0. The molecule has 3 aromatic rings. The largest absolute Gasteiger partial charge is 0.337 e. The van der Waals surface area contributed by atoms with E-state index in [1.807, 2.05) is 24.3 Å². The van der Waals surface area contributed by atoms with Gasteiger partial charge in [-0.25, -0.2) is 4.98 Å². The molecule has 128 valence electrons. The molecule has 0 N–H and O–H groups in total. The third-order valence-corrected chi connectivity index (χ3v) is 6.29. The fraction of sp³-hybridized carbons (Fsp3) is 0.389. The number of carbonyl (C=O) groups is 1. The monoisotopic (exact) mass is 353 g/mol. The number of fused-ring (bicyclic) bond motifs is 1. The van der Waals surface area contributed by atoms with Gasteiger partial charge in [-0.3, -0.25) is 9.48 Å². The molecule has 1 saturated heterocycles. The number of amides is 1. The predicted octanol–water partition coefficient (Wildman–Crippen LogP) is 2.43. The Morgan fingerprint density at radius 2 is 2.24 bits per heavy atom. The van der Waals surface area contributed by atoms with Crippen molar-refractivity contribution in [2.75, 3.05) is 13.1 Å². The number of carbonyl (C=O) groups excluding carboxylic acids is 1. The Labute approximate surface area is 149 Å². The lowest BCUT2D eigenvalue weighted by molar-refractivity contribution is 0.0765. The first kappa shape index (κ1) is 14.9. The van der Waals surface area contributed by atoms with Crippen molar-refractivity contribution in [3.8, 4) is 10.6 Å². The average molecular weight is 353 g/mol. The number of rotatable bonds is 2. The minimum atomic E-state index is 0.0421. The Hall–Kier alpha value is -2.41. The second-order valence-electron chi connectivity index (χ2n) is 7.15. The van der Waals surface area contributed by atoms with Crippen LogP contribution in [0.3, 0.4) is 0 Å². The first-order chi connectivity index (χ1) is 12.1. The molecule has 1 spiro atoms. The third kappa shape index (κ3) is 2.33. The van der Waals surface area contributed by atoms with Crippen LogP contribution in [-0.4, -0.2) is 43.2 Å². The van der Waals surface area contributed by atoms with E-state index in [0.717, 1.165) is 38.3 Å². The second kappa shape index (κ2) is 5.29. The Morgan fingerprint density at radius 1 is 1.32 bits per heavy atom. The average Bonchev–Trinajstić information content (AvgIpc) is 3.36. The van der Waals surface area contributed by atoms with Crippen LogP contribution >= 0.6 is 11.3 Å². The number of aromatic nitrogens is 4. The van der Waals surface area contributed by atoms with Crippen molar-refractivity contribution in [3.05, 3.63) is 47.5 Å². The summed E-state index contributed by atoms with van der Waals surface area (Å²) < 4.78 is 4.03. The molecule has 0 saturated carbocycles. The van der Waals surface area contributed by atoms with Gasteiger partial charge in [-0.15, -0.1) is 11.3 Å². The molecule has 1 unspecified atom stereocenters. The molecule has 6 nitrogen and oxygen atoms in total. The van der Waals surface area contributed by atoms with Crippen molar-refractivity contribution < 1.29 is 4.79 Å². The van der Waals surface area contributed by atoms with Gasteiger partial charge >= 0.3 is 0 Å². The maximum Gasteiger partial charge on any atom is 0.274 e. The van der Waals surface area contributed by atoms with Crippen molar-refractivity contribution in [2.24, 2.45) is 12.5 Å².